The van der Waals surface area contributed by atoms with Crippen LogP contribution in [-0.2, 0) is 9.53 Å². The van der Waals surface area contributed by atoms with Crippen molar-refractivity contribution in [2.45, 2.75) is 11.8 Å². The van der Waals surface area contributed by atoms with Crippen LogP contribution in [-0.4, -0.2) is 18.4 Å². The van der Waals surface area contributed by atoms with E-state index in [9.17, 15) is 4.79 Å². The van der Waals surface area contributed by atoms with E-state index < -0.39 is 5.91 Å². The highest BCUT2D eigenvalue weighted by Crippen LogP contribution is 2.22. The van der Waals surface area contributed by atoms with E-state index in [0.29, 0.717) is 17.8 Å². The van der Waals surface area contributed by atoms with E-state index in [0.717, 1.165) is 0 Å². The van der Waals surface area contributed by atoms with Gasteiger partial charge in [-0.25, -0.2) is 0 Å². The number of nitrogens with two attached hydrogens (primary N) is 1. The lowest BCUT2D eigenvalue weighted by Gasteiger charge is -2.14. The molecule has 1 unspecified atom stereocenters. The molecule has 4 heteroatoms. The first kappa shape index (κ1) is 9.13. The average molecular weight is 188 g/mol. The maximum atomic E-state index is 10.8. The number of hydrogen-bond donors (Lipinski definition) is 1. The standard InChI is InChI=1S/C8H10ClNO2/c1-12-7-4-5(9)2-3-6(7)8(10)11/h3-5H,2H2,1H3,(H2,10,11). The number of alkyl halides is 1. The van der Waals surface area contributed by atoms with Crippen molar-refractivity contribution in [3.05, 3.63) is 23.5 Å². The summed E-state index contributed by atoms with van der Waals surface area (Å²) in [6.07, 6.45) is 3.99. The first-order valence-electron chi connectivity index (χ1n) is 3.55. The molecule has 0 spiro atoms. The second kappa shape index (κ2) is 3.63. The zero-order chi connectivity index (χ0) is 9.14. The number of primary amides is 1. The molecular formula is C8H10ClNO2. The lowest BCUT2D eigenvalue weighted by atomic mass is 10.0. The summed E-state index contributed by atoms with van der Waals surface area (Å²) in [6.45, 7) is 0. The van der Waals surface area contributed by atoms with Crippen molar-refractivity contribution in [3.8, 4) is 0 Å². The molecule has 0 heterocycles. The highest BCUT2D eigenvalue weighted by molar-refractivity contribution is 6.22. The van der Waals surface area contributed by atoms with Crippen molar-refractivity contribution in [1.82, 2.24) is 0 Å². The molecule has 0 bridgehead atoms. The summed E-state index contributed by atoms with van der Waals surface area (Å²) in [4.78, 5) is 10.8. The summed E-state index contributed by atoms with van der Waals surface area (Å²) < 4.78 is 4.94. The molecular weight excluding hydrogens is 178 g/mol. The van der Waals surface area contributed by atoms with Gasteiger partial charge < -0.3 is 10.5 Å². The van der Waals surface area contributed by atoms with E-state index in [1.807, 2.05) is 0 Å². The third-order valence-corrected chi connectivity index (χ3v) is 1.93. The predicted molar refractivity (Wildman–Crippen MR) is 46.6 cm³/mol. The Kier molecular flexibility index (Phi) is 2.76. The van der Waals surface area contributed by atoms with Crippen LogP contribution in [0.1, 0.15) is 6.42 Å². The molecule has 0 radical (unpaired) electrons. The van der Waals surface area contributed by atoms with Gasteiger partial charge in [0, 0.05) is 0 Å². The minimum absolute atomic E-state index is 0.108. The molecule has 0 aliphatic heterocycles. The second-order valence-electron chi connectivity index (χ2n) is 2.47. The summed E-state index contributed by atoms with van der Waals surface area (Å²) in [5, 5.41) is -0.108. The van der Waals surface area contributed by atoms with Gasteiger partial charge in [-0.2, -0.15) is 0 Å². The number of carbonyl (C=O) groups is 1. The van der Waals surface area contributed by atoms with Crippen LogP contribution < -0.4 is 5.73 Å². The minimum atomic E-state index is -0.480. The van der Waals surface area contributed by atoms with Crippen molar-refractivity contribution < 1.29 is 9.53 Å². The Morgan fingerprint density at radius 2 is 2.50 bits per heavy atom. The molecule has 1 rings (SSSR count). The number of allylic oxidation sites excluding steroid dienone is 2. The smallest absolute Gasteiger partial charge is 0.252 e. The molecule has 0 aromatic heterocycles. The molecule has 2 N–H and O–H groups in total. The topological polar surface area (TPSA) is 52.3 Å². The third kappa shape index (κ3) is 1.80. The zero-order valence-electron chi connectivity index (χ0n) is 6.71. The van der Waals surface area contributed by atoms with E-state index in [1.165, 1.54) is 7.11 Å². The van der Waals surface area contributed by atoms with E-state index in [2.05, 4.69) is 0 Å². The first-order valence-corrected chi connectivity index (χ1v) is 3.99. The Morgan fingerprint density at radius 1 is 1.83 bits per heavy atom. The third-order valence-electron chi connectivity index (χ3n) is 1.63. The zero-order valence-corrected chi connectivity index (χ0v) is 7.47. The Labute approximate surface area is 75.8 Å². The second-order valence-corrected chi connectivity index (χ2v) is 3.03. The Bertz CT molecular complexity index is 258. The molecule has 1 aliphatic carbocycles. The van der Waals surface area contributed by atoms with Crippen LogP contribution >= 0.6 is 11.6 Å². The minimum Gasteiger partial charge on any atom is -0.496 e. The molecule has 66 valence electrons. The number of halogens is 1. The van der Waals surface area contributed by atoms with E-state index in [1.54, 1.807) is 12.2 Å². The molecule has 1 amide bonds. The molecule has 0 aromatic carbocycles. The number of methoxy groups -OCH3 is 1. The Balaban J connectivity index is 2.88. The summed E-state index contributed by atoms with van der Waals surface area (Å²) in [6, 6.07) is 0. The molecule has 0 saturated heterocycles. The molecule has 3 nitrogen and oxygen atoms in total. The number of hydrogen-bond acceptors (Lipinski definition) is 2. The quantitative estimate of drug-likeness (QED) is 0.655. The van der Waals surface area contributed by atoms with Crippen molar-refractivity contribution in [2.75, 3.05) is 7.11 Å². The van der Waals surface area contributed by atoms with Gasteiger partial charge >= 0.3 is 0 Å². The van der Waals surface area contributed by atoms with Crippen LogP contribution in [0.5, 0.6) is 0 Å². The highest BCUT2D eigenvalue weighted by atomic mass is 35.5. The van der Waals surface area contributed by atoms with Gasteiger partial charge in [-0.05, 0) is 12.5 Å². The van der Waals surface area contributed by atoms with E-state index >= 15 is 0 Å². The Morgan fingerprint density at radius 3 is 3.00 bits per heavy atom. The van der Waals surface area contributed by atoms with Gasteiger partial charge in [0.05, 0.1) is 18.1 Å². The van der Waals surface area contributed by atoms with Crippen molar-refractivity contribution >= 4 is 17.5 Å². The normalized spacial score (nSPS) is 22.7. The Hall–Kier alpha value is -0.960. The van der Waals surface area contributed by atoms with Crippen LogP contribution in [0, 0.1) is 0 Å². The largest absolute Gasteiger partial charge is 0.496 e. The average Bonchev–Trinajstić information content (AvgIpc) is 2.03. The van der Waals surface area contributed by atoms with Crippen LogP contribution in [0.25, 0.3) is 0 Å². The fourth-order valence-electron chi connectivity index (χ4n) is 1.05. The maximum absolute atomic E-state index is 10.8. The van der Waals surface area contributed by atoms with Crippen molar-refractivity contribution in [2.24, 2.45) is 5.73 Å². The predicted octanol–water partition coefficient (Wildman–Crippen LogP) is 0.940. The molecule has 12 heavy (non-hydrogen) atoms. The van der Waals surface area contributed by atoms with Crippen LogP contribution in [0.15, 0.2) is 23.5 Å². The molecule has 0 saturated carbocycles. The van der Waals surface area contributed by atoms with Gasteiger partial charge in [0.1, 0.15) is 5.76 Å². The van der Waals surface area contributed by atoms with Crippen LogP contribution in [0.3, 0.4) is 0 Å². The monoisotopic (exact) mass is 187 g/mol. The van der Waals surface area contributed by atoms with E-state index in [4.69, 9.17) is 22.1 Å². The first-order chi connectivity index (χ1) is 5.65. The van der Waals surface area contributed by atoms with Gasteiger partial charge in [0.2, 0.25) is 0 Å². The number of rotatable bonds is 2. The number of carbonyl (C=O) groups excluding carboxylic acids is 1. The summed E-state index contributed by atoms with van der Waals surface area (Å²) in [5.41, 5.74) is 5.52. The lowest BCUT2D eigenvalue weighted by molar-refractivity contribution is -0.114. The SMILES string of the molecule is COC1=CC(Cl)CC=C1C(N)=O. The van der Waals surface area contributed by atoms with E-state index in [-0.39, 0.29) is 5.38 Å². The van der Waals surface area contributed by atoms with Gasteiger partial charge in [0.25, 0.3) is 5.91 Å². The highest BCUT2D eigenvalue weighted by Gasteiger charge is 2.18. The molecule has 1 atom stereocenters. The maximum Gasteiger partial charge on any atom is 0.252 e. The van der Waals surface area contributed by atoms with Crippen LogP contribution in [0.4, 0.5) is 0 Å². The van der Waals surface area contributed by atoms with Crippen LogP contribution in [0.2, 0.25) is 0 Å². The fourth-order valence-corrected chi connectivity index (χ4v) is 1.26. The van der Waals surface area contributed by atoms with Gasteiger partial charge in [-0.3, -0.25) is 4.79 Å². The van der Waals surface area contributed by atoms with Crippen molar-refractivity contribution in [1.29, 1.82) is 0 Å². The number of amides is 1. The van der Waals surface area contributed by atoms with Crippen molar-refractivity contribution in [3.63, 3.8) is 0 Å². The molecule has 1 aliphatic rings. The summed E-state index contributed by atoms with van der Waals surface area (Å²) >= 11 is 5.81. The summed E-state index contributed by atoms with van der Waals surface area (Å²) in [5.74, 6) is -0.0135. The molecule has 0 fully saturated rings. The summed E-state index contributed by atoms with van der Waals surface area (Å²) in [7, 11) is 1.48. The molecule has 0 aromatic rings. The van der Waals surface area contributed by atoms with Gasteiger partial charge in [-0.1, -0.05) is 6.08 Å². The fraction of sp³-hybridized carbons (Fsp3) is 0.375. The van der Waals surface area contributed by atoms with Gasteiger partial charge in [-0.15, -0.1) is 11.6 Å². The number of ether oxygens (including phenoxy) is 1. The lowest BCUT2D eigenvalue weighted by Crippen LogP contribution is -2.19. The van der Waals surface area contributed by atoms with Gasteiger partial charge in [0.15, 0.2) is 0 Å².